The highest BCUT2D eigenvalue weighted by Crippen LogP contribution is 2.33. The van der Waals surface area contributed by atoms with Crippen LogP contribution in [-0.4, -0.2) is 26.5 Å². The first-order valence-corrected chi connectivity index (χ1v) is 9.11. The standard InChI is InChI=1S/C16H16ClN3O3S.ClH/c1-9-3-5-10(6-4-9)11-7-13(17)12(15(21)20-16(18)19)8-14(11)24(2,22)23;/h3-8H,1-2H3,(H4,18,19,20,21);1H. The minimum absolute atomic E-state index is 0. The van der Waals surface area contributed by atoms with E-state index in [9.17, 15) is 13.2 Å². The summed E-state index contributed by atoms with van der Waals surface area (Å²) >= 11 is 6.14. The van der Waals surface area contributed by atoms with Crippen LogP contribution in [0.4, 0.5) is 0 Å². The highest BCUT2D eigenvalue weighted by molar-refractivity contribution is 7.90. The number of halogens is 2. The van der Waals surface area contributed by atoms with E-state index >= 15 is 0 Å². The molecule has 0 aliphatic heterocycles. The fraction of sp³-hybridized carbons (Fsp3) is 0.125. The molecule has 0 aliphatic carbocycles. The molecule has 0 unspecified atom stereocenters. The zero-order valence-electron chi connectivity index (χ0n) is 13.5. The van der Waals surface area contributed by atoms with E-state index in [0.29, 0.717) is 11.1 Å². The summed E-state index contributed by atoms with van der Waals surface area (Å²) in [5.41, 5.74) is 12.4. The molecule has 0 spiro atoms. The summed E-state index contributed by atoms with van der Waals surface area (Å²) in [6.45, 7) is 1.92. The van der Waals surface area contributed by atoms with E-state index in [1.54, 1.807) is 12.1 Å². The van der Waals surface area contributed by atoms with E-state index in [1.807, 2.05) is 19.1 Å². The van der Waals surface area contributed by atoms with Gasteiger partial charge in [-0.2, -0.15) is 4.99 Å². The lowest BCUT2D eigenvalue weighted by atomic mass is 10.0. The lowest BCUT2D eigenvalue weighted by Gasteiger charge is -2.12. The Labute approximate surface area is 157 Å². The van der Waals surface area contributed by atoms with Crippen molar-refractivity contribution in [1.82, 2.24) is 0 Å². The quantitative estimate of drug-likeness (QED) is 0.605. The number of hydrogen-bond donors (Lipinski definition) is 2. The summed E-state index contributed by atoms with van der Waals surface area (Å²) in [6.07, 6.45) is 1.06. The number of carbonyl (C=O) groups is 1. The molecule has 0 fully saturated rings. The molecule has 2 rings (SSSR count). The summed E-state index contributed by atoms with van der Waals surface area (Å²) in [5.74, 6) is -1.24. The van der Waals surface area contributed by atoms with E-state index < -0.39 is 21.7 Å². The average Bonchev–Trinajstić information content (AvgIpc) is 2.45. The van der Waals surface area contributed by atoms with Crippen molar-refractivity contribution in [3.8, 4) is 11.1 Å². The molecule has 0 aliphatic rings. The summed E-state index contributed by atoms with van der Waals surface area (Å²) in [6, 6.07) is 9.90. The van der Waals surface area contributed by atoms with Gasteiger partial charge in [-0.3, -0.25) is 4.79 Å². The molecule has 0 saturated carbocycles. The third-order valence-electron chi connectivity index (χ3n) is 3.29. The van der Waals surface area contributed by atoms with Gasteiger partial charge in [-0.1, -0.05) is 41.4 Å². The largest absolute Gasteiger partial charge is 0.370 e. The van der Waals surface area contributed by atoms with Crippen LogP contribution in [0.15, 0.2) is 46.3 Å². The Balaban J connectivity index is 0.00000312. The normalized spacial score (nSPS) is 10.7. The molecule has 25 heavy (non-hydrogen) atoms. The number of carbonyl (C=O) groups excluding carboxylic acids is 1. The van der Waals surface area contributed by atoms with Gasteiger partial charge >= 0.3 is 0 Å². The Morgan fingerprint density at radius 1 is 1.12 bits per heavy atom. The van der Waals surface area contributed by atoms with Crippen LogP contribution in [0.5, 0.6) is 0 Å². The summed E-state index contributed by atoms with van der Waals surface area (Å²) < 4.78 is 24.3. The van der Waals surface area contributed by atoms with Gasteiger partial charge in [-0.25, -0.2) is 8.42 Å². The predicted molar refractivity (Wildman–Crippen MR) is 102 cm³/mol. The number of hydrogen-bond acceptors (Lipinski definition) is 3. The first-order chi connectivity index (χ1) is 11.1. The average molecular weight is 402 g/mol. The molecular formula is C16H17Cl2N3O3S. The van der Waals surface area contributed by atoms with Crippen LogP contribution >= 0.6 is 24.0 Å². The molecule has 0 radical (unpaired) electrons. The second kappa shape index (κ2) is 7.86. The highest BCUT2D eigenvalue weighted by Gasteiger charge is 2.21. The van der Waals surface area contributed by atoms with Crippen LogP contribution in [0, 0.1) is 6.92 Å². The maximum absolute atomic E-state index is 12.2. The fourth-order valence-corrected chi connectivity index (χ4v) is 3.31. The van der Waals surface area contributed by atoms with E-state index in [0.717, 1.165) is 11.8 Å². The number of guanidine groups is 1. The van der Waals surface area contributed by atoms with Crippen LogP contribution in [0.3, 0.4) is 0 Å². The van der Waals surface area contributed by atoms with Crippen LogP contribution in [-0.2, 0) is 9.84 Å². The second-order valence-electron chi connectivity index (χ2n) is 5.31. The van der Waals surface area contributed by atoms with Gasteiger partial charge in [0.1, 0.15) is 0 Å². The molecule has 0 aromatic heterocycles. The lowest BCUT2D eigenvalue weighted by Crippen LogP contribution is -2.24. The van der Waals surface area contributed by atoms with Crippen molar-refractivity contribution in [3.05, 3.63) is 52.5 Å². The van der Waals surface area contributed by atoms with Gasteiger partial charge in [0.2, 0.25) is 0 Å². The zero-order valence-corrected chi connectivity index (χ0v) is 15.9. The van der Waals surface area contributed by atoms with Crippen LogP contribution in [0.25, 0.3) is 11.1 Å². The topological polar surface area (TPSA) is 116 Å². The third-order valence-corrected chi connectivity index (χ3v) is 4.74. The van der Waals surface area contributed by atoms with E-state index in [-0.39, 0.29) is 27.9 Å². The van der Waals surface area contributed by atoms with Crippen molar-refractivity contribution in [2.45, 2.75) is 11.8 Å². The third kappa shape index (κ3) is 4.94. The first kappa shape index (κ1) is 21.0. The number of nitrogens with zero attached hydrogens (tertiary/aromatic N) is 1. The summed E-state index contributed by atoms with van der Waals surface area (Å²) in [4.78, 5) is 15.4. The van der Waals surface area contributed by atoms with Crippen molar-refractivity contribution in [2.24, 2.45) is 16.5 Å². The molecule has 0 heterocycles. The number of aliphatic imine (C=N–C) groups is 1. The van der Waals surface area contributed by atoms with Gasteiger partial charge in [0.15, 0.2) is 15.8 Å². The fourth-order valence-electron chi connectivity index (χ4n) is 2.16. The molecule has 0 bridgehead atoms. The summed E-state index contributed by atoms with van der Waals surface area (Å²) in [5, 5.41) is 0.0629. The Morgan fingerprint density at radius 2 is 1.68 bits per heavy atom. The number of sulfone groups is 1. The van der Waals surface area contributed by atoms with Gasteiger partial charge in [-0.05, 0) is 24.6 Å². The van der Waals surface area contributed by atoms with Crippen molar-refractivity contribution in [3.63, 3.8) is 0 Å². The maximum atomic E-state index is 12.2. The molecule has 0 atom stereocenters. The number of benzene rings is 2. The highest BCUT2D eigenvalue weighted by atomic mass is 35.5. The van der Waals surface area contributed by atoms with Crippen LogP contribution < -0.4 is 11.5 Å². The SMILES string of the molecule is Cc1ccc(-c2cc(Cl)c(C(=O)N=C(N)N)cc2S(C)(=O)=O)cc1.Cl. The van der Waals surface area contributed by atoms with E-state index in [2.05, 4.69) is 4.99 Å². The first-order valence-electron chi connectivity index (χ1n) is 6.84. The number of nitrogens with two attached hydrogens (primary N) is 2. The second-order valence-corrected chi connectivity index (χ2v) is 7.70. The Kier molecular flexibility index (Phi) is 6.59. The molecular weight excluding hydrogens is 385 g/mol. The van der Waals surface area contributed by atoms with Crippen molar-refractivity contribution in [1.29, 1.82) is 0 Å². The zero-order chi connectivity index (χ0) is 18.1. The van der Waals surface area contributed by atoms with Gasteiger partial charge < -0.3 is 11.5 Å². The maximum Gasteiger partial charge on any atom is 0.281 e. The number of aryl methyl sites for hydroxylation is 1. The van der Waals surface area contributed by atoms with Gasteiger partial charge in [-0.15, -0.1) is 12.4 Å². The van der Waals surface area contributed by atoms with Crippen LogP contribution in [0.2, 0.25) is 5.02 Å². The number of rotatable bonds is 3. The van der Waals surface area contributed by atoms with Gasteiger partial charge in [0, 0.05) is 11.8 Å². The smallest absolute Gasteiger partial charge is 0.281 e. The van der Waals surface area contributed by atoms with Crippen LogP contribution in [0.1, 0.15) is 15.9 Å². The molecule has 1 amide bonds. The van der Waals surface area contributed by atoms with Gasteiger partial charge in [0.25, 0.3) is 5.91 Å². The van der Waals surface area contributed by atoms with Crippen molar-refractivity contribution >= 4 is 45.7 Å². The van der Waals surface area contributed by atoms with Crippen molar-refractivity contribution < 1.29 is 13.2 Å². The Bertz CT molecular complexity index is 936. The Hall–Kier alpha value is -2.09. The molecule has 4 N–H and O–H groups in total. The van der Waals surface area contributed by atoms with Crippen molar-refractivity contribution in [2.75, 3.05) is 6.26 Å². The monoisotopic (exact) mass is 401 g/mol. The predicted octanol–water partition coefficient (Wildman–Crippen LogP) is 2.55. The Morgan fingerprint density at radius 3 is 2.16 bits per heavy atom. The van der Waals surface area contributed by atoms with E-state index in [4.69, 9.17) is 23.1 Å². The van der Waals surface area contributed by atoms with Gasteiger partial charge in [0.05, 0.1) is 15.5 Å². The van der Waals surface area contributed by atoms with E-state index in [1.165, 1.54) is 12.1 Å². The molecule has 134 valence electrons. The number of amides is 1. The minimum Gasteiger partial charge on any atom is -0.370 e. The molecule has 2 aromatic carbocycles. The lowest BCUT2D eigenvalue weighted by molar-refractivity contribution is 0.100. The minimum atomic E-state index is -3.61. The molecule has 2 aromatic rings. The summed E-state index contributed by atoms with van der Waals surface area (Å²) in [7, 11) is -3.61. The molecule has 9 heteroatoms. The molecule has 6 nitrogen and oxygen atoms in total. The molecule has 0 saturated heterocycles.